The molecule has 2 atom stereocenters. The number of hydrogen-bond donors (Lipinski definition) is 1. The van der Waals surface area contributed by atoms with Gasteiger partial charge in [-0.25, -0.2) is 0 Å². The monoisotopic (exact) mass is 216 g/mol. The second-order valence-corrected chi connectivity index (χ2v) is 4.32. The Kier molecular flexibility index (Phi) is 5.53. The molecule has 14 heavy (non-hydrogen) atoms. The van der Waals surface area contributed by atoms with Crippen LogP contribution in [0.4, 0.5) is 0 Å². The molecule has 1 saturated heterocycles. The second kappa shape index (κ2) is 6.44. The minimum atomic E-state index is 0.604. The summed E-state index contributed by atoms with van der Waals surface area (Å²) in [6, 6.07) is 1.29. The summed E-state index contributed by atoms with van der Waals surface area (Å²) in [5.74, 6) is 0. The van der Waals surface area contributed by atoms with Gasteiger partial charge >= 0.3 is 0 Å². The molecule has 0 spiro atoms. The molecule has 0 saturated carbocycles. The van der Waals surface area contributed by atoms with Crippen LogP contribution in [0.15, 0.2) is 11.6 Å². The summed E-state index contributed by atoms with van der Waals surface area (Å²) >= 11 is 5.56. The molecular formula is C11H21ClN2. The van der Waals surface area contributed by atoms with E-state index >= 15 is 0 Å². The number of halogens is 1. The highest BCUT2D eigenvalue weighted by Gasteiger charge is 2.23. The highest BCUT2D eigenvalue weighted by atomic mass is 35.5. The number of nitrogens with one attached hydrogen (secondary N) is 1. The lowest BCUT2D eigenvalue weighted by Gasteiger charge is -2.38. The van der Waals surface area contributed by atoms with Crippen LogP contribution >= 0.6 is 11.6 Å². The molecule has 2 nitrogen and oxygen atoms in total. The first-order valence-electron chi connectivity index (χ1n) is 5.50. The third kappa shape index (κ3) is 3.60. The van der Waals surface area contributed by atoms with E-state index in [0.717, 1.165) is 19.6 Å². The van der Waals surface area contributed by atoms with Gasteiger partial charge in [0.05, 0.1) is 0 Å². The van der Waals surface area contributed by atoms with E-state index in [1.54, 1.807) is 5.54 Å². The molecule has 0 amide bonds. The quantitative estimate of drug-likeness (QED) is 0.775. The van der Waals surface area contributed by atoms with Gasteiger partial charge in [-0.15, -0.1) is 0 Å². The van der Waals surface area contributed by atoms with E-state index in [2.05, 4.69) is 24.1 Å². The van der Waals surface area contributed by atoms with Gasteiger partial charge in [-0.2, -0.15) is 0 Å². The van der Waals surface area contributed by atoms with Crippen molar-refractivity contribution in [1.29, 1.82) is 0 Å². The van der Waals surface area contributed by atoms with Crippen molar-refractivity contribution in [3.05, 3.63) is 11.6 Å². The van der Waals surface area contributed by atoms with E-state index < -0.39 is 0 Å². The van der Waals surface area contributed by atoms with Crippen molar-refractivity contribution < 1.29 is 0 Å². The van der Waals surface area contributed by atoms with Crippen LogP contribution in [0.3, 0.4) is 0 Å². The highest BCUT2D eigenvalue weighted by molar-refractivity contribution is 6.25. The molecule has 0 bridgehead atoms. The Morgan fingerprint density at radius 3 is 3.00 bits per heavy atom. The van der Waals surface area contributed by atoms with Gasteiger partial charge in [-0.3, -0.25) is 4.90 Å². The number of nitrogens with zero attached hydrogens (tertiary/aromatic N) is 1. The van der Waals surface area contributed by atoms with Gasteiger partial charge in [0.15, 0.2) is 0 Å². The highest BCUT2D eigenvalue weighted by Crippen LogP contribution is 2.11. The van der Waals surface area contributed by atoms with E-state index in [-0.39, 0.29) is 0 Å². The lowest BCUT2D eigenvalue weighted by Crippen LogP contribution is -2.55. The lowest BCUT2D eigenvalue weighted by atomic mass is 10.1. The first kappa shape index (κ1) is 12.0. The molecule has 0 aromatic carbocycles. The first-order chi connectivity index (χ1) is 6.77. The molecule has 1 aliphatic heterocycles. The Bertz CT molecular complexity index is 182. The van der Waals surface area contributed by atoms with Gasteiger partial charge < -0.3 is 5.32 Å². The molecule has 1 N–H and O–H groups in total. The van der Waals surface area contributed by atoms with Crippen LogP contribution in [0.2, 0.25) is 0 Å². The average Bonchev–Trinajstić information content (AvgIpc) is 2.18. The van der Waals surface area contributed by atoms with Gasteiger partial charge in [-0.05, 0) is 13.3 Å². The number of piperazine rings is 1. The maximum absolute atomic E-state index is 5.56. The minimum Gasteiger partial charge on any atom is -0.311 e. The molecule has 1 aliphatic rings. The van der Waals surface area contributed by atoms with Crippen LogP contribution in [-0.2, 0) is 0 Å². The minimum absolute atomic E-state index is 0.604. The zero-order valence-electron chi connectivity index (χ0n) is 9.17. The molecule has 2 unspecified atom stereocenters. The summed E-state index contributed by atoms with van der Waals surface area (Å²) in [6.07, 6.45) is 4.56. The van der Waals surface area contributed by atoms with E-state index in [1.807, 2.05) is 6.08 Å². The number of rotatable bonds is 4. The summed E-state index contributed by atoms with van der Waals surface area (Å²) < 4.78 is 0. The molecule has 0 aliphatic carbocycles. The summed E-state index contributed by atoms with van der Waals surface area (Å²) in [7, 11) is 0. The standard InChI is InChI=1S/C11H21ClN2/c1-3-5-11-8-13-10(2)9-14(11)7-4-6-12/h4,6,10-11,13H,3,5,7-9H2,1-2H3/b6-4+. The van der Waals surface area contributed by atoms with E-state index in [4.69, 9.17) is 11.6 Å². The van der Waals surface area contributed by atoms with Crippen LogP contribution in [-0.4, -0.2) is 36.6 Å². The van der Waals surface area contributed by atoms with Crippen molar-refractivity contribution in [3.8, 4) is 0 Å². The van der Waals surface area contributed by atoms with Gasteiger partial charge in [0.2, 0.25) is 0 Å². The molecule has 0 aromatic heterocycles. The fourth-order valence-electron chi connectivity index (χ4n) is 2.05. The van der Waals surface area contributed by atoms with Crippen LogP contribution in [0.1, 0.15) is 26.7 Å². The van der Waals surface area contributed by atoms with Crippen molar-refractivity contribution >= 4 is 11.6 Å². The molecule has 1 heterocycles. The summed E-state index contributed by atoms with van der Waals surface area (Å²) in [5.41, 5.74) is 1.62. The SMILES string of the molecule is CCCC1CNC(C)CN1C/C=C/Cl. The molecule has 1 fully saturated rings. The van der Waals surface area contributed by atoms with E-state index in [0.29, 0.717) is 12.1 Å². The average molecular weight is 217 g/mol. The molecular weight excluding hydrogens is 196 g/mol. The Morgan fingerprint density at radius 1 is 1.57 bits per heavy atom. The van der Waals surface area contributed by atoms with Crippen LogP contribution in [0, 0.1) is 0 Å². The van der Waals surface area contributed by atoms with Crippen molar-refractivity contribution in [1.82, 2.24) is 10.2 Å². The topological polar surface area (TPSA) is 15.3 Å². The molecule has 0 radical (unpaired) electrons. The van der Waals surface area contributed by atoms with Crippen molar-refractivity contribution in [3.63, 3.8) is 0 Å². The van der Waals surface area contributed by atoms with Crippen molar-refractivity contribution in [2.45, 2.75) is 38.8 Å². The smallest absolute Gasteiger partial charge is 0.0224 e. The zero-order valence-corrected chi connectivity index (χ0v) is 9.93. The summed E-state index contributed by atoms with van der Waals surface area (Å²) in [4.78, 5) is 2.52. The maximum atomic E-state index is 5.56. The largest absolute Gasteiger partial charge is 0.311 e. The fourth-order valence-corrected chi connectivity index (χ4v) is 2.13. The molecule has 1 rings (SSSR count). The maximum Gasteiger partial charge on any atom is 0.0224 e. The lowest BCUT2D eigenvalue weighted by molar-refractivity contribution is 0.142. The van der Waals surface area contributed by atoms with Gasteiger partial charge in [0, 0.05) is 37.3 Å². The summed E-state index contributed by atoms with van der Waals surface area (Å²) in [5, 5.41) is 3.52. The van der Waals surface area contributed by atoms with Crippen LogP contribution in [0.5, 0.6) is 0 Å². The number of hydrogen-bond acceptors (Lipinski definition) is 2. The Morgan fingerprint density at radius 2 is 2.36 bits per heavy atom. The van der Waals surface area contributed by atoms with E-state index in [1.165, 1.54) is 12.8 Å². The first-order valence-corrected chi connectivity index (χ1v) is 5.94. The third-order valence-corrected chi connectivity index (χ3v) is 2.96. The molecule has 0 aromatic rings. The molecule has 3 heteroatoms. The predicted molar refractivity (Wildman–Crippen MR) is 62.7 cm³/mol. The Labute approximate surface area is 92.3 Å². The van der Waals surface area contributed by atoms with Crippen molar-refractivity contribution in [2.75, 3.05) is 19.6 Å². The third-order valence-electron chi connectivity index (χ3n) is 2.78. The van der Waals surface area contributed by atoms with Gasteiger partial charge in [0.25, 0.3) is 0 Å². The van der Waals surface area contributed by atoms with Gasteiger partial charge in [0.1, 0.15) is 0 Å². The predicted octanol–water partition coefficient (Wildman–Crippen LogP) is 2.20. The molecule has 82 valence electrons. The Balaban J connectivity index is 2.45. The van der Waals surface area contributed by atoms with E-state index in [9.17, 15) is 0 Å². The van der Waals surface area contributed by atoms with Crippen LogP contribution < -0.4 is 5.32 Å². The normalized spacial score (nSPS) is 29.9. The summed E-state index contributed by atoms with van der Waals surface area (Å²) in [6.45, 7) is 7.71. The fraction of sp³-hybridized carbons (Fsp3) is 0.818. The second-order valence-electron chi connectivity index (χ2n) is 4.07. The van der Waals surface area contributed by atoms with Crippen molar-refractivity contribution in [2.24, 2.45) is 0 Å². The Hall–Kier alpha value is -0.0500. The zero-order chi connectivity index (χ0) is 10.4. The van der Waals surface area contributed by atoms with Gasteiger partial charge in [-0.1, -0.05) is 31.0 Å². The van der Waals surface area contributed by atoms with Crippen LogP contribution in [0.25, 0.3) is 0 Å².